The molecule has 0 aliphatic heterocycles. The van der Waals surface area contributed by atoms with Crippen LogP contribution in [0.1, 0.15) is 362 Å². The number of carboxylic acid groups (broad SMARTS) is 1. The third-order valence-corrected chi connectivity index (χ3v) is 12.9. The summed E-state index contributed by atoms with van der Waals surface area (Å²) in [4.78, 5) is 77.0. The van der Waals surface area contributed by atoms with Gasteiger partial charge < -0.3 is 43.2 Å². The van der Waals surface area contributed by atoms with Crippen LogP contribution >= 0.6 is 0 Å². The van der Waals surface area contributed by atoms with Crippen molar-refractivity contribution in [2.45, 2.75) is 362 Å². The number of Topliss-reactive ketones (excluding diaryl/α,β-unsaturated/α-hetero) is 1. The second-order valence-corrected chi connectivity index (χ2v) is 21.7. The van der Waals surface area contributed by atoms with Crippen LogP contribution in [0.4, 0.5) is 0 Å². The molecule has 13 nitrogen and oxygen atoms in total. The first-order valence-corrected chi connectivity index (χ1v) is 34.9. The number of nitrogens with zero attached hydrogens (tertiary/aromatic N) is 1. The predicted molar refractivity (Wildman–Crippen MR) is 370 cm³/mol. The smallest absolute Gasteiger partial charge is 0.542 e. The molecular weight excluding hydrogens is 1320 g/mol. The molecule has 0 bridgehead atoms. The maximum Gasteiger partial charge on any atom is 3.00 e. The van der Waals surface area contributed by atoms with Crippen molar-refractivity contribution in [3.05, 3.63) is 14.4 Å². The minimum Gasteiger partial charge on any atom is -0.542 e. The molecule has 14 heteroatoms. The van der Waals surface area contributed by atoms with Crippen molar-refractivity contribution in [3.63, 3.8) is 0 Å². The van der Waals surface area contributed by atoms with Crippen LogP contribution in [0.5, 0.6) is 0 Å². The molecule has 0 aliphatic rings. The van der Waals surface area contributed by atoms with E-state index in [4.69, 9.17) is 19.4 Å². The minimum absolute atomic E-state index is 0. The Morgan fingerprint density at radius 1 is 0.471 bits per heavy atom. The molecule has 87 heavy (non-hydrogen) atoms. The van der Waals surface area contributed by atoms with Gasteiger partial charge in [-0.3, -0.25) is 40.0 Å². The van der Waals surface area contributed by atoms with Crippen LogP contribution in [0.3, 0.4) is 0 Å². The van der Waals surface area contributed by atoms with Gasteiger partial charge in [-0.15, -0.1) is 0 Å². The molecule has 1 N–H and O–H groups in total. The molecule has 523 valence electrons. The predicted octanol–water partition coefficient (Wildman–Crippen LogP) is 21.4. The normalized spacial score (nSPS) is 10.2. The largest absolute Gasteiger partial charge is 3.00 e. The minimum atomic E-state index is -0.745. The topological polar surface area (TPSA) is 180 Å². The van der Waals surface area contributed by atoms with Crippen molar-refractivity contribution in [2.24, 2.45) is 11.8 Å². The van der Waals surface area contributed by atoms with E-state index in [1.807, 2.05) is 20.8 Å². The number of carbonyl (C=O) groups is 6. The van der Waals surface area contributed by atoms with Gasteiger partial charge >= 0.3 is 61.0 Å². The van der Waals surface area contributed by atoms with E-state index in [-0.39, 0.29) is 70.6 Å². The first kappa shape index (κ1) is 109. The van der Waals surface area contributed by atoms with Crippen molar-refractivity contribution < 1.29 is 88.7 Å². The molecule has 0 aromatic heterocycles. The van der Waals surface area contributed by atoms with Gasteiger partial charge in [0.2, 0.25) is 0 Å². The van der Waals surface area contributed by atoms with E-state index in [0.29, 0.717) is 37.9 Å². The molecule has 0 fully saturated rings. The number of hydrogen-bond donors (Lipinski definition) is 1. The van der Waals surface area contributed by atoms with Gasteiger partial charge in [0.05, 0.1) is 46.6 Å². The van der Waals surface area contributed by atoms with Crippen LogP contribution in [-0.4, -0.2) is 98.5 Å². The standard InChI is InChI=1S/C23H43NO6.C15H30O.C9H20.C8H17.C5H10O2.C4H10.C3H6O2.C3H5O.C2H6.CH3.U/c1-4-6-8-10-12-14-16-29-22(26)19-24(18-21(25)28-3)20-23(27)30-17-15-13-11-9-7-5-2;1-4-6-7-8-9-10-11-12-15(16)13-14(3)5-2;1-4-6-7-8-9(3)5-2;1-3-5-7-8-6-4-2;1-3-4-7-5(2)6;1-3-4-2;1-2-3(4)5;1-2-3-4;1-2;;/h4-20H2,1-3H3;14H,4-13H2,1-3H3;9H,4-8H2,1-3H3;1,3-8H2,2H3;3-4H2,1-2H3;3-4H2,1-2H3;2H2,1H3,(H,4,5);2H2,1H3;1-2H3;1H3;/q;;;-1;;;;-1;;-1;+3. The number of unbranched alkanes of at least 4 members (excludes halogenated alkanes) is 24. The number of ketones is 1. The summed E-state index contributed by atoms with van der Waals surface area (Å²) in [5.41, 5.74) is 0. The summed E-state index contributed by atoms with van der Waals surface area (Å²) in [5, 5.41) is 7.72. The Kier molecular flexibility index (Phi) is 132. The molecule has 2 atom stereocenters. The fourth-order valence-electron chi connectivity index (χ4n) is 6.90. The quantitative estimate of drug-likeness (QED) is 0.0263. The summed E-state index contributed by atoms with van der Waals surface area (Å²) >= 11 is 0. The number of aliphatic carboxylic acids is 1. The zero-order valence-electron chi connectivity index (χ0n) is 61.4. The van der Waals surface area contributed by atoms with Crippen molar-refractivity contribution in [3.8, 4) is 0 Å². The van der Waals surface area contributed by atoms with Gasteiger partial charge in [-0.05, 0) is 37.5 Å². The van der Waals surface area contributed by atoms with Crippen LogP contribution in [0, 0.1) is 57.3 Å². The Morgan fingerprint density at radius 2 is 0.805 bits per heavy atom. The van der Waals surface area contributed by atoms with Crippen molar-refractivity contribution in [1.29, 1.82) is 0 Å². The van der Waals surface area contributed by atoms with Gasteiger partial charge in [-0.25, -0.2) is 0 Å². The number of methoxy groups -OCH3 is 1. The maximum absolute atomic E-state index is 12.1. The Labute approximate surface area is 566 Å². The monoisotopic (exact) mass is 1470 g/mol. The summed E-state index contributed by atoms with van der Waals surface area (Å²) in [6.07, 6.45) is 46.0. The third-order valence-electron chi connectivity index (χ3n) is 12.9. The summed E-state index contributed by atoms with van der Waals surface area (Å²) in [7, 11) is 1.27. The third kappa shape index (κ3) is 133. The summed E-state index contributed by atoms with van der Waals surface area (Å²) in [6.45, 7) is 39.7. The van der Waals surface area contributed by atoms with Crippen molar-refractivity contribution in [1.82, 2.24) is 4.90 Å². The number of carbonyl (C=O) groups excluding carboxylic acids is 6. The van der Waals surface area contributed by atoms with Gasteiger partial charge in [-0.2, -0.15) is 12.8 Å². The molecule has 0 amide bonds. The molecule has 0 heterocycles. The SMILES string of the molecule is CC.CCC(=O)O.CCCC.CCCCCC(C)CC.CCCCCCCCCC(=O)CC(C)CC.CCCCCCCCOC(=O)CN(CC(=O)OC)CC(=O)OCCCCCCCC.CCCOC(C)=O.CC[C-]=O.[CH2-]CCCCCCC.[CH3-].[U+3]. The number of carboxylic acids is 1. The first-order chi connectivity index (χ1) is 40.8. The zero-order valence-corrected chi connectivity index (χ0v) is 65.5. The maximum atomic E-state index is 12.1. The van der Waals surface area contributed by atoms with E-state index in [1.54, 1.807) is 20.1 Å². The molecule has 0 saturated heterocycles. The average molecular weight is 1470 g/mol. The Hall–Kier alpha value is -2.30. The van der Waals surface area contributed by atoms with E-state index in [0.717, 1.165) is 83.0 Å². The van der Waals surface area contributed by atoms with Crippen LogP contribution in [0.2, 0.25) is 0 Å². The second-order valence-electron chi connectivity index (χ2n) is 21.7. The van der Waals surface area contributed by atoms with Gasteiger partial charge in [0.25, 0.3) is 0 Å². The second kappa shape index (κ2) is 105. The molecule has 2 unspecified atom stereocenters. The van der Waals surface area contributed by atoms with E-state index < -0.39 is 23.9 Å². The fraction of sp³-hybridized carbons (Fsp3) is 0.877. The zero-order chi connectivity index (χ0) is 66.8. The summed E-state index contributed by atoms with van der Waals surface area (Å²) in [5.74, 6) is -0.335. The van der Waals surface area contributed by atoms with E-state index in [1.165, 1.54) is 173 Å². The Bertz CT molecular complexity index is 1260. The Balaban J connectivity index is -0.0000000945. The van der Waals surface area contributed by atoms with Crippen LogP contribution < -0.4 is 0 Å². The molecule has 0 aliphatic carbocycles. The van der Waals surface area contributed by atoms with Gasteiger partial charge in [0.15, 0.2) is 0 Å². The van der Waals surface area contributed by atoms with Gasteiger partial charge in [0.1, 0.15) is 5.78 Å². The molecule has 0 aromatic rings. The summed E-state index contributed by atoms with van der Waals surface area (Å²) < 4.78 is 19.7. The van der Waals surface area contributed by atoms with E-state index in [9.17, 15) is 28.8 Å². The van der Waals surface area contributed by atoms with Gasteiger partial charge in [-0.1, -0.05) is 297 Å². The average Bonchev–Trinajstić information content (AvgIpc) is 3.50. The van der Waals surface area contributed by atoms with Crippen LogP contribution in [0.15, 0.2) is 0 Å². The van der Waals surface area contributed by atoms with Crippen molar-refractivity contribution >= 4 is 41.9 Å². The van der Waals surface area contributed by atoms with Crippen LogP contribution in [-0.2, 0) is 52.5 Å². The fourth-order valence-corrected chi connectivity index (χ4v) is 6.90. The number of hydrogen-bond acceptors (Lipinski definition) is 12. The van der Waals surface area contributed by atoms with E-state index >= 15 is 0 Å². The molecule has 0 aromatic carbocycles. The molecule has 0 saturated carbocycles. The summed E-state index contributed by atoms with van der Waals surface area (Å²) in [6, 6.07) is 0. The Morgan fingerprint density at radius 3 is 1.09 bits per heavy atom. The van der Waals surface area contributed by atoms with Crippen molar-refractivity contribution in [2.75, 3.05) is 46.6 Å². The number of rotatable bonds is 46. The molecule has 0 rings (SSSR count). The number of ether oxygens (including phenoxy) is 4. The first-order valence-electron chi connectivity index (χ1n) is 34.9. The van der Waals surface area contributed by atoms with Crippen LogP contribution in [0.25, 0.3) is 0 Å². The molecule has 0 spiro atoms. The van der Waals surface area contributed by atoms with Gasteiger partial charge in [0, 0.05) is 26.2 Å². The van der Waals surface area contributed by atoms with E-state index in [2.05, 4.69) is 92.6 Å². The number of esters is 4. The molecular formula is C73H150NO12U. The molecule has 1 radical (unpaired) electrons.